The van der Waals surface area contributed by atoms with Crippen LogP contribution in [0.5, 0.6) is 0 Å². The van der Waals surface area contributed by atoms with Gasteiger partial charge in [-0.1, -0.05) is 12.8 Å². The molecule has 1 aliphatic carbocycles. The first-order valence-corrected chi connectivity index (χ1v) is 6.27. The van der Waals surface area contributed by atoms with Gasteiger partial charge in [-0.05, 0) is 18.9 Å². The zero-order valence-corrected chi connectivity index (χ0v) is 10.0. The molecule has 2 unspecified atom stereocenters. The van der Waals surface area contributed by atoms with Crippen LogP contribution in [0.1, 0.15) is 46.4 Å². The van der Waals surface area contributed by atoms with Crippen LogP contribution >= 0.6 is 0 Å². The Morgan fingerprint density at radius 3 is 2.61 bits per heavy atom. The largest absolute Gasteiger partial charge is 0.326 e. The van der Waals surface area contributed by atoms with Crippen molar-refractivity contribution in [1.29, 1.82) is 0 Å². The van der Waals surface area contributed by atoms with E-state index in [0.717, 1.165) is 25.7 Å². The molecule has 0 aromatic carbocycles. The van der Waals surface area contributed by atoms with Crippen molar-refractivity contribution in [2.45, 2.75) is 37.8 Å². The standard InChI is InChI=1S/C13H15N3O2/c14-10-3-1-2-4-11(10)16-12(17)8-5-6-15-7-9(8)13(16)18/h5-7,10-11H,1-4,14H2. The van der Waals surface area contributed by atoms with E-state index < -0.39 is 0 Å². The number of rotatable bonds is 1. The van der Waals surface area contributed by atoms with Crippen LogP contribution in [0.2, 0.25) is 0 Å². The summed E-state index contributed by atoms with van der Waals surface area (Å²) in [5.74, 6) is -0.467. The van der Waals surface area contributed by atoms with E-state index in [4.69, 9.17) is 5.73 Å². The minimum absolute atomic E-state index is 0.103. The number of carbonyl (C=O) groups excluding carboxylic acids is 2. The molecule has 3 rings (SSSR count). The highest BCUT2D eigenvalue weighted by Gasteiger charge is 2.42. The lowest BCUT2D eigenvalue weighted by atomic mass is 9.90. The third kappa shape index (κ3) is 1.54. The van der Waals surface area contributed by atoms with E-state index in [2.05, 4.69) is 4.98 Å². The van der Waals surface area contributed by atoms with Crippen molar-refractivity contribution in [3.8, 4) is 0 Å². The second kappa shape index (κ2) is 4.17. The van der Waals surface area contributed by atoms with Crippen LogP contribution in [0.15, 0.2) is 18.5 Å². The third-order valence-electron chi connectivity index (χ3n) is 3.83. The number of carbonyl (C=O) groups is 2. The van der Waals surface area contributed by atoms with Crippen LogP contribution in [0.3, 0.4) is 0 Å². The van der Waals surface area contributed by atoms with Crippen LogP contribution < -0.4 is 5.73 Å². The Morgan fingerprint density at radius 1 is 1.17 bits per heavy atom. The second-order valence-electron chi connectivity index (χ2n) is 4.92. The van der Waals surface area contributed by atoms with E-state index in [1.165, 1.54) is 17.3 Å². The van der Waals surface area contributed by atoms with Crippen molar-refractivity contribution < 1.29 is 9.59 Å². The van der Waals surface area contributed by atoms with Gasteiger partial charge in [-0.15, -0.1) is 0 Å². The summed E-state index contributed by atoms with van der Waals surface area (Å²) in [4.78, 5) is 29.8. The minimum Gasteiger partial charge on any atom is -0.326 e. The highest BCUT2D eigenvalue weighted by Crippen LogP contribution is 2.29. The molecule has 0 spiro atoms. The number of fused-ring (bicyclic) bond motifs is 1. The maximum atomic E-state index is 12.3. The maximum Gasteiger partial charge on any atom is 0.263 e. The lowest BCUT2D eigenvalue weighted by Crippen LogP contribution is -2.51. The van der Waals surface area contributed by atoms with Gasteiger partial charge in [-0.2, -0.15) is 0 Å². The van der Waals surface area contributed by atoms with E-state index in [-0.39, 0.29) is 23.9 Å². The number of imide groups is 1. The molecule has 5 nitrogen and oxygen atoms in total. The van der Waals surface area contributed by atoms with Gasteiger partial charge in [0.15, 0.2) is 0 Å². The molecular weight excluding hydrogens is 230 g/mol. The molecular formula is C13H15N3O2. The van der Waals surface area contributed by atoms with Gasteiger partial charge in [0.2, 0.25) is 0 Å². The zero-order valence-electron chi connectivity index (χ0n) is 10.0. The van der Waals surface area contributed by atoms with E-state index >= 15 is 0 Å². The van der Waals surface area contributed by atoms with Crippen molar-refractivity contribution in [3.63, 3.8) is 0 Å². The number of aromatic nitrogens is 1. The smallest absolute Gasteiger partial charge is 0.263 e. The monoisotopic (exact) mass is 245 g/mol. The fourth-order valence-corrected chi connectivity index (χ4v) is 2.86. The Hall–Kier alpha value is -1.75. The quantitative estimate of drug-likeness (QED) is 0.747. The second-order valence-corrected chi connectivity index (χ2v) is 4.92. The average molecular weight is 245 g/mol. The number of amides is 2. The number of nitrogens with zero attached hydrogens (tertiary/aromatic N) is 2. The topological polar surface area (TPSA) is 76.3 Å². The molecule has 2 N–H and O–H groups in total. The fraction of sp³-hybridized carbons (Fsp3) is 0.462. The van der Waals surface area contributed by atoms with E-state index in [9.17, 15) is 9.59 Å². The predicted molar refractivity (Wildman–Crippen MR) is 65.0 cm³/mol. The van der Waals surface area contributed by atoms with Crippen LogP contribution in [-0.4, -0.2) is 33.8 Å². The van der Waals surface area contributed by atoms with Gasteiger partial charge < -0.3 is 5.73 Å². The highest BCUT2D eigenvalue weighted by atomic mass is 16.2. The van der Waals surface area contributed by atoms with Crippen molar-refractivity contribution in [1.82, 2.24) is 9.88 Å². The summed E-state index contributed by atoms with van der Waals surface area (Å²) in [7, 11) is 0. The van der Waals surface area contributed by atoms with Crippen LogP contribution in [-0.2, 0) is 0 Å². The van der Waals surface area contributed by atoms with E-state index in [1.807, 2.05) is 0 Å². The Balaban J connectivity index is 1.96. The normalized spacial score (nSPS) is 27.5. The van der Waals surface area contributed by atoms with Crippen molar-refractivity contribution in [2.75, 3.05) is 0 Å². The van der Waals surface area contributed by atoms with Crippen LogP contribution in [0.4, 0.5) is 0 Å². The number of hydrogen-bond acceptors (Lipinski definition) is 4. The fourth-order valence-electron chi connectivity index (χ4n) is 2.86. The highest BCUT2D eigenvalue weighted by molar-refractivity contribution is 6.21. The molecule has 94 valence electrons. The van der Waals surface area contributed by atoms with E-state index in [1.54, 1.807) is 6.07 Å². The predicted octanol–water partition coefficient (Wildman–Crippen LogP) is 0.947. The van der Waals surface area contributed by atoms with E-state index in [0.29, 0.717) is 11.1 Å². The van der Waals surface area contributed by atoms with Gasteiger partial charge in [-0.25, -0.2) is 0 Å². The number of nitrogens with two attached hydrogens (primary N) is 1. The summed E-state index contributed by atoms with van der Waals surface area (Å²) in [6, 6.07) is 1.34. The van der Waals surface area contributed by atoms with Crippen LogP contribution in [0, 0.1) is 0 Å². The summed E-state index contributed by atoms with van der Waals surface area (Å²) in [6.07, 6.45) is 6.76. The van der Waals surface area contributed by atoms with Crippen LogP contribution in [0.25, 0.3) is 0 Å². The van der Waals surface area contributed by atoms with Gasteiger partial charge >= 0.3 is 0 Å². The number of hydrogen-bond donors (Lipinski definition) is 1. The molecule has 1 aliphatic heterocycles. The Morgan fingerprint density at radius 2 is 1.89 bits per heavy atom. The minimum atomic E-state index is -0.245. The average Bonchev–Trinajstić information content (AvgIpc) is 2.64. The summed E-state index contributed by atoms with van der Waals surface area (Å²) >= 11 is 0. The maximum absolute atomic E-state index is 12.3. The van der Waals surface area contributed by atoms with Gasteiger partial charge in [0.25, 0.3) is 11.8 Å². The Bertz CT molecular complexity index is 480. The summed E-state index contributed by atoms with van der Waals surface area (Å²) in [5.41, 5.74) is 6.91. The molecule has 1 aromatic rings. The molecule has 0 radical (unpaired) electrons. The summed E-state index contributed by atoms with van der Waals surface area (Å²) in [6.45, 7) is 0. The summed E-state index contributed by atoms with van der Waals surface area (Å²) < 4.78 is 0. The van der Waals surface area contributed by atoms with Gasteiger partial charge in [0.1, 0.15) is 0 Å². The molecule has 2 aliphatic rings. The zero-order chi connectivity index (χ0) is 12.7. The first-order valence-electron chi connectivity index (χ1n) is 6.27. The number of pyridine rings is 1. The molecule has 1 fully saturated rings. The van der Waals surface area contributed by atoms with Gasteiger partial charge in [0, 0.05) is 18.4 Å². The summed E-state index contributed by atoms with van der Waals surface area (Å²) in [5, 5.41) is 0. The SMILES string of the molecule is NC1CCCCC1N1C(=O)c2ccncc2C1=O. The molecule has 2 heterocycles. The van der Waals surface area contributed by atoms with Crippen molar-refractivity contribution >= 4 is 11.8 Å². The van der Waals surface area contributed by atoms with Gasteiger partial charge in [-0.3, -0.25) is 19.5 Å². The molecule has 2 atom stereocenters. The lowest BCUT2D eigenvalue weighted by Gasteiger charge is -2.34. The van der Waals surface area contributed by atoms with Crippen molar-refractivity contribution in [2.24, 2.45) is 5.73 Å². The molecule has 0 saturated heterocycles. The van der Waals surface area contributed by atoms with Gasteiger partial charge in [0.05, 0.1) is 17.2 Å². The molecule has 5 heteroatoms. The molecule has 1 saturated carbocycles. The lowest BCUT2D eigenvalue weighted by molar-refractivity contribution is 0.0525. The molecule has 1 aromatic heterocycles. The molecule has 0 bridgehead atoms. The Labute approximate surface area is 105 Å². The first kappa shape index (κ1) is 11.3. The molecule has 18 heavy (non-hydrogen) atoms. The third-order valence-corrected chi connectivity index (χ3v) is 3.83. The molecule has 2 amide bonds. The Kier molecular flexibility index (Phi) is 2.63. The van der Waals surface area contributed by atoms with Crippen molar-refractivity contribution in [3.05, 3.63) is 29.6 Å². The first-order chi connectivity index (χ1) is 8.70.